The van der Waals surface area contributed by atoms with Crippen LogP contribution in [0, 0.1) is 11.8 Å². The molecule has 2 aliphatic rings. The van der Waals surface area contributed by atoms with Gasteiger partial charge in [-0.1, -0.05) is 98.9 Å². The number of hydrogen-bond donors (Lipinski definition) is 0. The molecular weight excluding hydrogens is 431 g/mol. The number of ether oxygens (including phenoxy) is 2. The fourth-order valence-corrected chi connectivity index (χ4v) is 11.1. The second kappa shape index (κ2) is 8.43. The molecular formula is C28H27O4P. The van der Waals surface area contributed by atoms with Gasteiger partial charge in [0.05, 0.1) is 26.1 Å². The first-order valence-electron chi connectivity index (χ1n) is 11.2. The van der Waals surface area contributed by atoms with Crippen molar-refractivity contribution in [1.82, 2.24) is 0 Å². The first-order chi connectivity index (χ1) is 16.1. The molecule has 0 aliphatic carbocycles. The van der Waals surface area contributed by atoms with Crippen molar-refractivity contribution in [3.63, 3.8) is 0 Å². The van der Waals surface area contributed by atoms with Gasteiger partial charge in [-0.2, -0.15) is 0 Å². The maximum Gasteiger partial charge on any atom is 0.310 e. The van der Waals surface area contributed by atoms with Gasteiger partial charge in [-0.05, 0) is 29.3 Å². The molecule has 5 heteroatoms. The number of carbonyl (C=O) groups excluding carboxylic acids is 2. The molecule has 5 rings (SSSR count). The minimum absolute atomic E-state index is 0.338. The van der Waals surface area contributed by atoms with Crippen LogP contribution >= 0.6 is 7.92 Å². The van der Waals surface area contributed by atoms with Crippen LogP contribution in [-0.4, -0.2) is 26.2 Å². The van der Waals surface area contributed by atoms with Crippen molar-refractivity contribution in [1.29, 1.82) is 0 Å². The molecule has 0 aromatic heterocycles. The molecule has 0 N–H and O–H groups in total. The lowest BCUT2D eigenvalue weighted by Gasteiger charge is -2.39. The first-order valence-corrected chi connectivity index (χ1v) is 12.6. The zero-order valence-electron chi connectivity index (χ0n) is 18.8. The van der Waals surface area contributed by atoms with Gasteiger partial charge in [-0.3, -0.25) is 9.59 Å². The molecule has 3 aromatic carbocycles. The maximum atomic E-state index is 13.5. The highest BCUT2D eigenvalue weighted by molar-refractivity contribution is 7.68. The fourth-order valence-electron chi connectivity index (χ4n) is 6.41. The van der Waals surface area contributed by atoms with Gasteiger partial charge in [0, 0.05) is 10.3 Å². The smallest absolute Gasteiger partial charge is 0.310 e. The standard InChI is InChI=1S/C28H27O4P/c1-31-25(29)23-24(26(30)32-2)28(21-14-8-4-9-15-21)19-18-27(23,20-12-6-3-7-13-20)33(28)22-16-10-5-11-17-22/h3-17,23-24H,18-19H2,1-2H3/t23-,24+,27-,28+,33?. The van der Waals surface area contributed by atoms with Gasteiger partial charge in [0.25, 0.3) is 0 Å². The van der Waals surface area contributed by atoms with Crippen LogP contribution in [0.2, 0.25) is 0 Å². The molecule has 5 atom stereocenters. The van der Waals surface area contributed by atoms with Gasteiger partial charge in [-0.25, -0.2) is 0 Å². The average Bonchev–Trinajstić information content (AvgIpc) is 3.38. The Morgan fingerprint density at radius 1 is 0.667 bits per heavy atom. The van der Waals surface area contributed by atoms with Crippen molar-refractivity contribution in [3.05, 3.63) is 102 Å². The SMILES string of the molecule is COC(=O)[C@@H]1[C@H](C(=O)OC)[C@]2(c3ccccc3)CC[C@@]1(c1ccccc1)P2c1ccccc1. The summed E-state index contributed by atoms with van der Waals surface area (Å²) < 4.78 is 10.8. The van der Waals surface area contributed by atoms with Crippen molar-refractivity contribution in [2.24, 2.45) is 11.8 Å². The normalized spacial score (nSPS) is 30.1. The zero-order chi connectivity index (χ0) is 23.1. The lowest BCUT2D eigenvalue weighted by molar-refractivity contribution is -0.161. The Morgan fingerprint density at radius 2 is 1.03 bits per heavy atom. The van der Waals surface area contributed by atoms with Crippen molar-refractivity contribution in [2.75, 3.05) is 14.2 Å². The summed E-state index contributed by atoms with van der Waals surface area (Å²) in [6.45, 7) is 0. The molecule has 168 valence electrons. The summed E-state index contributed by atoms with van der Waals surface area (Å²) in [4.78, 5) is 27.1. The number of methoxy groups -OCH3 is 2. The van der Waals surface area contributed by atoms with Crippen LogP contribution in [0.4, 0.5) is 0 Å². The van der Waals surface area contributed by atoms with E-state index >= 15 is 0 Å². The number of carbonyl (C=O) groups is 2. The highest BCUT2D eigenvalue weighted by Gasteiger charge is 2.77. The lowest BCUT2D eigenvalue weighted by Crippen LogP contribution is -2.47. The number of esters is 2. The van der Waals surface area contributed by atoms with Crippen molar-refractivity contribution < 1.29 is 19.1 Å². The summed E-state index contributed by atoms with van der Waals surface area (Å²) in [5.41, 5.74) is 2.19. The Bertz CT molecular complexity index is 1080. The zero-order valence-corrected chi connectivity index (χ0v) is 19.7. The van der Waals surface area contributed by atoms with Crippen LogP contribution in [0.25, 0.3) is 0 Å². The van der Waals surface area contributed by atoms with E-state index in [-0.39, 0.29) is 11.9 Å². The lowest BCUT2D eigenvalue weighted by atomic mass is 9.63. The van der Waals surface area contributed by atoms with Crippen LogP contribution < -0.4 is 5.30 Å². The molecule has 0 saturated carbocycles. The predicted molar refractivity (Wildman–Crippen MR) is 129 cm³/mol. The number of rotatable bonds is 5. The van der Waals surface area contributed by atoms with Crippen LogP contribution in [0.5, 0.6) is 0 Å². The summed E-state index contributed by atoms with van der Waals surface area (Å²) in [5.74, 6) is -1.93. The Morgan fingerprint density at radius 3 is 1.39 bits per heavy atom. The molecule has 0 radical (unpaired) electrons. The van der Waals surface area contributed by atoms with E-state index in [0.717, 1.165) is 24.0 Å². The van der Waals surface area contributed by atoms with Gasteiger partial charge >= 0.3 is 11.9 Å². The van der Waals surface area contributed by atoms with Crippen molar-refractivity contribution in [2.45, 2.75) is 23.2 Å². The van der Waals surface area contributed by atoms with Gasteiger partial charge in [0.15, 0.2) is 0 Å². The Kier molecular flexibility index (Phi) is 5.58. The Hall–Kier alpha value is -2.97. The first kappa shape index (κ1) is 21.9. The van der Waals surface area contributed by atoms with Gasteiger partial charge in [0.1, 0.15) is 0 Å². The third kappa shape index (κ3) is 3.00. The summed E-state index contributed by atoms with van der Waals surface area (Å²) >= 11 is 0. The summed E-state index contributed by atoms with van der Waals surface area (Å²) in [6, 6.07) is 30.9. The number of benzene rings is 3. The molecule has 0 spiro atoms. The van der Waals surface area contributed by atoms with Crippen molar-refractivity contribution >= 4 is 25.2 Å². The predicted octanol–water partition coefficient (Wildman–Crippen LogP) is 4.97. The largest absolute Gasteiger partial charge is 0.469 e. The topological polar surface area (TPSA) is 52.6 Å². The Labute approximate surface area is 195 Å². The van der Waals surface area contributed by atoms with E-state index in [2.05, 4.69) is 36.4 Å². The van der Waals surface area contributed by atoms with E-state index in [1.54, 1.807) is 0 Å². The molecule has 2 fully saturated rings. The van der Waals surface area contributed by atoms with Gasteiger partial charge in [-0.15, -0.1) is 0 Å². The quantitative estimate of drug-likeness (QED) is 0.400. The molecule has 3 aromatic rings. The molecule has 2 aliphatic heterocycles. The van der Waals surface area contributed by atoms with E-state index < -0.39 is 30.1 Å². The van der Waals surface area contributed by atoms with E-state index in [9.17, 15) is 9.59 Å². The van der Waals surface area contributed by atoms with E-state index in [1.165, 1.54) is 19.5 Å². The monoisotopic (exact) mass is 458 g/mol. The summed E-state index contributed by atoms with van der Waals surface area (Å²) in [5, 5.41) is 0.137. The van der Waals surface area contributed by atoms with Crippen LogP contribution in [-0.2, 0) is 29.4 Å². The molecule has 33 heavy (non-hydrogen) atoms. The molecule has 2 bridgehead atoms. The minimum atomic E-state index is -1.03. The van der Waals surface area contributed by atoms with Crippen LogP contribution in [0.15, 0.2) is 91.0 Å². The van der Waals surface area contributed by atoms with E-state index in [1.807, 2.05) is 54.6 Å². The highest BCUT2D eigenvalue weighted by Crippen LogP contribution is 2.86. The van der Waals surface area contributed by atoms with Crippen molar-refractivity contribution in [3.8, 4) is 0 Å². The summed E-state index contributed by atoms with van der Waals surface area (Å²) in [6.07, 6.45) is 1.61. The molecule has 2 saturated heterocycles. The molecule has 2 heterocycles. The highest BCUT2D eigenvalue weighted by atomic mass is 31.1. The van der Waals surface area contributed by atoms with Crippen LogP contribution in [0.3, 0.4) is 0 Å². The third-order valence-electron chi connectivity index (χ3n) is 7.52. The van der Waals surface area contributed by atoms with Gasteiger partial charge < -0.3 is 9.47 Å². The second-order valence-corrected chi connectivity index (χ2v) is 11.5. The average molecular weight is 458 g/mol. The maximum absolute atomic E-state index is 13.5. The molecule has 0 amide bonds. The second-order valence-electron chi connectivity index (χ2n) is 8.75. The summed E-state index contributed by atoms with van der Waals surface area (Å²) in [7, 11) is 1.81. The van der Waals surface area contributed by atoms with Crippen LogP contribution in [0.1, 0.15) is 24.0 Å². The number of hydrogen-bond acceptors (Lipinski definition) is 4. The van der Waals surface area contributed by atoms with Gasteiger partial charge in [0.2, 0.25) is 0 Å². The third-order valence-corrected chi connectivity index (χ3v) is 11.5. The fraction of sp³-hybridized carbons (Fsp3) is 0.286. The Balaban J connectivity index is 1.89. The minimum Gasteiger partial charge on any atom is -0.469 e. The molecule has 4 nitrogen and oxygen atoms in total. The molecule has 1 unspecified atom stereocenters. The van der Waals surface area contributed by atoms with E-state index in [4.69, 9.17) is 9.47 Å². The number of fused-ring (bicyclic) bond motifs is 2. The van der Waals surface area contributed by atoms with E-state index in [0.29, 0.717) is 0 Å².